The van der Waals surface area contributed by atoms with Crippen molar-refractivity contribution in [1.29, 1.82) is 0 Å². The summed E-state index contributed by atoms with van der Waals surface area (Å²) in [6, 6.07) is 12.5. The second-order valence-electron chi connectivity index (χ2n) is 8.37. The first-order valence-corrected chi connectivity index (χ1v) is 11.3. The largest absolute Gasteiger partial charge is 0.497 e. The van der Waals surface area contributed by atoms with E-state index in [0.29, 0.717) is 11.3 Å². The maximum absolute atomic E-state index is 13.7. The third-order valence-electron chi connectivity index (χ3n) is 6.02. The lowest BCUT2D eigenvalue weighted by Crippen LogP contribution is -2.46. The lowest BCUT2D eigenvalue weighted by atomic mass is 10.0. The van der Waals surface area contributed by atoms with Crippen LogP contribution in [0.25, 0.3) is 0 Å². The topological polar surface area (TPSA) is 71.8 Å². The van der Waals surface area contributed by atoms with E-state index in [0.717, 1.165) is 42.7 Å². The van der Waals surface area contributed by atoms with Gasteiger partial charge in [0, 0.05) is 11.7 Å². The second-order valence-corrected chi connectivity index (χ2v) is 8.37. The molecule has 0 aliphatic heterocycles. The molecule has 0 saturated heterocycles. The van der Waals surface area contributed by atoms with Crippen LogP contribution in [0.5, 0.6) is 5.75 Å². The molecule has 0 spiro atoms. The van der Waals surface area contributed by atoms with Gasteiger partial charge in [0.15, 0.2) is 5.76 Å². The summed E-state index contributed by atoms with van der Waals surface area (Å²) in [5.74, 6) is -0.911. The molecule has 1 heterocycles. The Labute approximate surface area is 200 Å². The maximum atomic E-state index is 13.7. The molecule has 2 amide bonds. The number of alkyl halides is 3. The Kier molecular flexibility index (Phi) is 7.14. The number of nitrogens with zero attached hydrogens (tertiary/aromatic N) is 1. The van der Waals surface area contributed by atoms with E-state index in [2.05, 4.69) is 5.32 Å². The van der Waals surface area contributed by atoms with Crippen molar-refractivity contribution in [3.8, 4) is 5.75 Å². The lowest BCUT2D eigenvalue weighted by molar-refractivity contribution is -0.137. The molecule has 1 aliphatic rings. The quantitative estimate of drug-likeness (QED) is 0.461. The van der Waals surface area contributed by atoms with Gasteiger partial charge in [-0.3, -0.25) is 14.5 Å². The van der Waals surface area contributed by atoms with Gasteiger partial charge in [-0.2, -0.15) is 13.2 Å². The van der Waals surface area contributed by atoms with Crippen molar-refractivity contribution in [3.05, 3.63) is 83.8 Å². The van der Waals surface area contributed by atoms with Gasteiger partial charge in [-0.1, -0.05) is 31.0 Å². The van der Waals surface area contributed by atoms with Crippen molar-refractivity contribution in [2.75, 3.05) is 12.0 Å². The Morgan fingerprint density at radius 3 is 2.46 bits per heavy atom. The molecule has 1 atom stereocenters. The number of rotatable bonds is 7. The van der Waals surface area contributed by atoms with Crippen molar-refractivity contribution in [3.63, 3.8) is 0 Å². The predicted octanol–water partition coefficient (Wildman–Crippen LogP) is 5.75. The van der Waals surface area contributed by atoms with Gasteiger partial charge in [-0.25, -0.2) is 0 Å². The molecule has 35 heavy (non-hydrogen) atoms. The van der Waals surface area contributed by atoms with Crippen molar-refractivity contribution < 1.29 is 31.9 Å². The highest BCUT2D eigenvalue weighted by Gasteiger charge is 2.38. The zero-order valence-electron chi connectivity index (χ0n) is 19.0. The number of hydrogen-bond donors (Lipinski definition) is 1. The van der Waals surface area contributed by atoms with Crippen LogP contribution in [0.4, 0.5) is 18.9 Å². The van der Waals surface area contributed by atoms with Crippen molar-refractivity contribution in [1.82, 2.24) is 5.32 Å². The fourth-order valence-corrected chi connectivity index (χ4v) is 4.31. The fraction of sp³-hybridized carbons (Fsp3) is 0.308. The minimum atomic E-state index is -4.63. The van der Waals surface area contributed by atoms with Crippen LogP contribution in [-0.4, -0.2) is 25.0 Å². The molecule has 184 valence electrons. The lowest BCUT2D eigenvalue weighted by Gasteiger charge is -2.32. The average molecular weight is 486 g/mol. The summed E-state index contributed by atoms with van der Waals surface area (Å²) in [5, 5.41) is 2.98. The summed E-state index contributed by atoms with van der Waals surface area (Å²) in [5.41, 5.74) is -0.638. The normalized spacial score (nSPS) is 15.0. The highest BCUT2D eigenvalue weighted by Crippen LogP contribution is 2.36. The standard InChI is InChI=1S/C26H25F3N2O4/c1-34-21-12-4-7-17(15-21)23(24(32)30-19-9-2-3-10-19)31(25(33)22-13-6-14-35-22)20-11-5-8-18(16-20)26(27,28)29/h4-8,11-16,19,23H,2-3,9-10H2,1H3,(H,30,32). The molecule has 0 bridgehead atoms. The number of amides is 2. The van der Waals surface area contributed by atoms with E-state index in [9.17, 15) is 22.8 Å². The molecule has 3 aromatic rings. The van der Waals surface area contributed by atoms with Gasteiger partial charge in [-0.05, 0) is 60.9 Å². The smallest absolute Gasteiger partial charge is 0.416 e. The van der Waals surface area contributed by atoms with Crippen LogP contribution in [0.15, 0.2) is 71.3 Å². The van der Waals surface area contributed by atoms with Crippen molar-refractivity contribution >= 4 is 17.5 Å². The van der Waals surface area contributed by atoms with Crippen LogP contribution >= 0.6 is 0 Å². The van der Waals surface area contributed by atoms with Gasteiger partial charge in [-0.15, -0.1) is 0 Å². The molecule has 1 N–H and O–H groups in total. The SMILES string of the molecule is COc1cccc(C(C(=O)NC2CCCC2)N(C(=O)c2ccco2)c2cccc(C(F)(F)F)c2)c1. The van der Waals surface area contributed by atoms with Gasteiger partial charge in [0.2, 0.25) is 5.91 Å². The van der Waals surface area contributed by atoms with E-state index in [1.165, 1.54) is 37.6 Å². The van der Waals surface area contributed by atoms with Gasteiger partial charge < -0.3 is 14.5 Å². The number of halogens is 3. The molecule has 4 rings (SSSR count). The highest BCUT2D eigenvalue weighted by molar-refractivity contribution is 6.08. The number of hydrogen-bond acceptors (Lipinski definition) is 4. The van der Waals surface area contributed by atoms with Crippen molar-refractivity contribution in [2.45, 2.75) is 43.9 Å². The molecule has 1 unspecified atom stereocenters. The Balaban J connectivity index is 1.86. The van der Waals surface area contributed by atoms with Gasteiger partial charge in [0.25, 0.3) is 5.91 Å². The number of anilines is 1. The molecule has 9 heteroatoms. The molecule has 1 aromatic heterocycles. The van der Waals surface area contributed by atoms with E-state index in [1.54, 1.807) is 24.3 Å². The Morgan fingerprint density at radius 2 is 1.80 bits per heavy atom. The predicted molar refractivity (Wildman–Crippen MR) is 123 cm³/mol. The van der Waals surface area contributed by atoms with E-state index in [-0.39, 0.29) is 17.5 Å². The zero-order valence-corrected chi connectivity index (χ0v) is 19.0. The molecule has 1 saturated carbocycles. The van der Waals surface area contributed by atoms with E-state index in [1.807, 2.05) is 0 Å². The maximum Gasteiger partial charge on any atom is 0.416 e. The van der Waals surface area contributed by atoms with Crippen LogP contribution < -0.4 is 15.0 Å². The van der Waals surface area contributed by atoms with Crippen LogP contribution in [0, 0.1) is 0 Å². The van der Waals surface area contributed by atoms with Crippen LogP contribution in [0.2, 0.25) is 0 Å². The van der Waals surface area contributed by atoms with E-state index in [4.69, 9.17) is 9.15 Å². The number of furan rings is 1. The molecule has 0 radical (unpaired) electrons. The highest BCUT2D eigenvalue weighted by atomic mass is 19.4. The average Bonchev–Trinajstić information content (AvgIpc) is 3.56. The van der Waals surface area contributed by atoms with Crippen LogP contribution in [-0.2, 0) is 11.0 Å². The Hall–Kier alpha value is -3.75. The first kappa shape index (κ1) is 24.4. The molecule has 2 aromatic carbocycles. The number of ether oxygens (including phenoxy) is 1. The number of carbonyl (C=O) groups is 2. The summed E-state index contributed by atoms with van der Waals surface area (Å²) in [6.07, 6.45) is 0.192. The Bertz CT molecular complexity index is 1170. The summed E-state index contributed by atoms with van der Waals surface area (Å²) in [4.78, 5) is 28.3. The molecular weight excluding hydrogens is 461 g/mol. The summed E-state index contributed by atoms with van der Waals surface area (Å²) in [6.45, 7) is 0. The Morgan fingerprint density at radius 1 is 1.06 bits per heavy atom. The number of benzene rings is 2. The van der Waals surface area contributed by atoms with Crippen molar-refractivity contribution in [2.24, 2.45) is 0 Å². The van der Waals surface area contributed by atoms with Gasteiger partial charge >= 0.3 is 6.18 Å². The summed E-state index contributed by atoms with van der Waals surface area (Å²) >= 11 is 0. The summed E-state index contributed by atoms with van der Waals surface area (Å²) < 4.78 is 51.2. The number of methoxy groups -OCH3 is 1. The number of nitrogens with one attached hydrogen (secondary N) is 1. The van der Waals surface area contributed by atoms with Gasteiger partial charge in [0.05, 0.1) is 18.9 Å². The zero-order chi connectivity index (χ0) is 25.0. The first-order valence-electron chi connectivity index (χ1n) is 11.3. The van der Waals surface area contributed by atoms with Crippen LogP contribution in [0.1, 0.15) is 53.4 Å². The molecule has 1 aliphatic carbocycles. The van der Waals surface area contributed by atoms with E-state index < -0.39 is 29.6 Å². The minimum Gasteiger partial charge on any atom is -0.497 e. The molecular formula is C26H25F3N2O4. The fourth-order valence-electron chi connectivity index (χ4n) is 4.31. The third-order valence-corrected chi connectivity index (χ3v) is 6.02. The third kappa shape index (κ3) is 5.50. The minimum absolute atomic E-state index is 0.0716. The van der Waals surface area contributed by atoms with Crippen LogP contribution in [0.3, 0.4) is 0 Å². The number of carbonyl (C=O) groups excluding carboxylic acids is 2. The first-order chi connectivity index (χ1) is 16.8. The van der Waals surface area contributed by atoms with Gasteiger partial charge in [0.1, 0.15) is 11.8 Å². The van der Waals surface area contributed by atoms with E-state index >= 15 is 0 Å². The molecule has 1 fully saturated rings. The molecule has 6 nitrogen and oxygen atoms in total. The summed E-state index contributed by atoms with van der Waals surface area (Å²) in [7, 11) is 1.46. The second kappa shape index (κ2) is 10.2. The monoisotopic (exact) mass is 486 g/mol.